The fraction of sp³-hybridized carbons (Fsp3) is 0.483. The van der Waals surface area contributed by atoms with Crippen molar-refractivity contribution in [1.29, 1.82) is 0 Å². The van der Waals surface area contributed by atoms with Gasteiger partial charge in [0.2, 0.25) is 5.91 Å². The highest BCUT2D eigenvalue weighted by molar-refractivity contribution is 6.00. The molecule has 3 amide bonds. The quantitative estimate of drug-likeness (QED) is 0.468. The topological polar surface area (TPSA) is 149 Å². The number of rotatable bonds is 5. The molecule has 0 bridgehead atoms. The second kappa shape index (κ2) is 12.0. The van der Waals surface area contributed by atoms with Crippen molar-refractivity contribution in [3.05, 3.63) is 59.9 Å². The molecule has 2 aromatic rings. The number of phenolic OH excluding ortho intramolecular Hbond substituents is 1. The molecular formula is C29H36N4O7. The predicted molar refractivity (Wildman–Crippen MR) is 144 cm³/mol. The normalized spacial score (nSPS) is 28.4. The van der Waals surface area contributed by atoms with Gasteiger partial charge in [0, 0.05) is 32.4 Å². The molecule has 2 aliphatic rings. The number of aliphatic hydroxyl groups is 1. The number of nitrogens with one attached hydrogen (secondary N) is 1. The Morgan fingerprint density at radius 2 is 1.75 bits per heavy atom. The van der Waals surface area contributed by atoms with Crippen molar-refractivity contribution < 1.29 is 34.1 Å². The van der Waals surface area contributed by atoms with E-state index in [0.29, 0.717) is 12.8 Å². The van der Waals surface area contributed by atoms with Crippen LogP contribution in [0.1, 0.15) is 42.6 Å². The van der Waals surface area contributed by atoms with Crippen molar-refractivity contribution in [3.8, 4) is 5.75 Å². The van der Waals surface area contributed by atoms with Gasteiger partial charge in [-0.05, 0) is 56.9 Å². The van der Waals surface area contributed by atoms with Gasteiger partial charge in [0.05, 0.1) is 29.7 Å². The van der Waals surface area contributed by atoms with E-state index in [-0.39, 0.29) is 23.7 Å². The van der Waals surface area contributed by atoms with Crippen LogP contribution in [-0.2, 0) is 25.5 Å². The molecule has 1 saturated heterocycles. The third kappa shape index (κ3) is 6.09. The zero-order chi connectivity index (χ0) is 29.1. The van der Waals surface area contributed by atoms with Crippen LogP contribution in [-0.4, -0.2) is 93.1 Å². The predicted octanol–water partition coefficient (Wildman–Crippen LogP) is 1.13. The molecule has 40 heavy (non-hydrogen) atoms. The van der Waals surface area contributed by atoms with Gasteiger partial charge in [0.15, 0.2) is 6.10 Å². The maximum Gasteiger partial charge on any atom is 0.312 e. The Labute approximate surface area is 233 Å². The number of hydrogen-bond acceptors (Lipinski definition) is 8. The molecule has 1 aromatic carbocycles. The number of cyclic esters (lactones) is 1. The number of aliphatic hydroxyl groups excluding tert-OH is 1. The van der Waals surface area contributed by atoms with Gasteiger partial charge in [-0.15, -0.1) is 0 Å². The maximum absolute atomic E-state index is 14.1. The first-order valence-electron chi connectivity index (χ1n) is 13.4. The summed E-state index contributed by atoms with van der Waals surface area (Å²) in [5.74, 6) is -3.96. The average Bonchev–Trinajstić information content (AvgIpc) is 3.80. The number of para-hydroxylation sites is 1. The summed E-state index contributed by atoms with van der Waals surface area (Å²) < 4.78 is 5.70. The van der Waals surface area contributed by atoms with E-state index in [4.69, 9.17) is 4.74 Å². The van der Waals surface area contributed by atoms with E-state index in [1.54, 1.807) is 43.6 Å². The fourth-order valence-electron chi connectivity index (χ4n) is 4.98. The Bertz CT molecular complexity index is 1250. The Morgan fingerprint density at radius 1 is 1.05 bits per heavy atom. The molecule has 1 aromatic heterocycles. The summed E-state index contributed by atoms with van der Waals surface area (Å²) in [6.45, 7) is 3.12. The number of nitrogens with zero attached hydrogens (tertiary/aromatic N) is 3. The number of carbonyl (C=O) groups is 4. The lowest BCUT2D eigenvalue weighted by atomic mass is 9.91. The van der Waals surface area contributed by atoms with Crippen LogP contribution in [0.5, 0.6) is 5.75 Å². The maximum atomic E-state index is 14.1. The number of esters is 1. The number of aromatic hydroxyl groups is 1. The second-order valence-corrected chi connectivity index (χ2v) is 10.7. The number of likely N-dealkylation sites (N-methyl/N-ethyl adjacent to an activating group) is 2. The summed E-state index contributed by atoms with van der Waals surface area (Å²) in [5.41, 5.74) is 0.695. The van der Waals surface area contributed by atoms with Gasteiger partial charge in [-0.2, -0.15) is 0 Å². The van der Waals surface area contributed by atoms with Crippen molar-refractivity contribution in [2.24, 2.45) is 11.8 Å². The monoisotopic (exact) mass is 552 g/mol. The van der Waals surface area contributed by atoms with Crippen LogP contribution in [0, 0.1) is 11.8 Å². The minimum absolute atomic E-state index is 0.0318. The lowest BCUT2D eigenvalue weighted by Crippen LogP contribution is -2.63. The standard InChI is InChI=1S/C29H36N4O7/c1-16-24(35)21(14-18-8-7-13-30-15-18)33(4)27(37)23(31-26(36)20-9-5-6-10-22(20)34)17(2)32(3)28(38)25(19-11-12-19)40-29(16)39/h5-10,13,15-17,19,21,23-25,34-35H,11-12,14H2,1-4H3,(H,31,36). The van der Waals surface area contributed by atoms with E-state index in [1.165, 1.54) is 43.0 Å². The summed E-state index contributed by atoms with van der Waals surface area (Å²) in [7, 11) is 2.98. The highest BCUT2D eigenvalue weighted by Crippen LogP contribution is 2.36. The van der Waals surface area contributed by atoms with Gasteiger partial charge in [-0.3, -0.25) is 24.2 Å². The summed E-state index contributed by atoms with van der Waals surface area (Å²) in [4.78, 5) is 60.8. The summed E-state index contributed by atoms with van der Waals surface area (Å²) >= 11 is 0. The number of hydrogen-bond donors (Lipinski definition) is 3. The molecule has 4 rings (SSSR count). The molecule has 2 heterocycles. The summed E-state index contributed by atoms with van der Waals surface area (Å²) in [5, 5.41) is 24.3. The van der Waals surface area contributed by atoms with Crippen LogP contribution in [0.4, 0.5) is 0 Å². The molecule has 1 aliphatic carbocycles. The lowest BCUT2D eigenvalue weighted by Gasteiger charge is -2.40. The molecule has 2 fully saturated rings. The molecule has 3 N–H and O–H groups in total. The number of phenols is 1. The third-order valence-corrected chi connectivity index (χ3v) is 7.97. The van der Waals surface area contributed by atoms with Crippen LogP contribution in [0.25, 0.3) is 0 Å². The lowest BCUT2D eigenvalue weighted by molar-refractivity contribution is -0.171. The van der Waals surface area contributed by atoms with E-state index in [9.17, 15) is 29.4 Å². The van der Waals surface area contributed by atoms with Gasteiger partial charge in [-0.1, -0.05) is 18.2 Å². The van der Waals surface area contributed by atoms with Crippen LogP contribution >= 0.6 is 0 Å². The molecule has 214 valence electrons. The van der Waals surface area contributed by atoms with Crippen molar-refractivity contribution in [3.63, 3.8) is 0 Å². The second-order valence-electron chi connectivity index (χ2n) is 10.7. The van der Waals surface area contributed by atoms with Crippen molar-refractivity contribution in [2.75, 3.05) is 14.1 Å². The Hall–Kier alpha value is -3.99. The average molecular weight is 553 g/mol. The largest absolute Gasteiger partial charge is 0.507 e. The third-order valence-electron chi connectivity index (χ3n) is 7.97. The number of pyridine rings is 1. The van der Waals surface area contributed by atoms with Crippen LogP contribution in [0.15, 0.2) is 48.8 Å². The van der Waals surface area contributed by atoms with E-state index in [2.05, 4.69) is 10.3 Å². The van der Waals surface area contributed by atoms with Gasteiger partial charge in [0.1, 0.15) is 11.8 Å². The molecule has 0 radical (unpaired) electrons. The molecule has 0 spiro atoms. The Balaban J connectivity index is 1.75. The first kappa shape index (κ1) is 29.0. The van der Waals surface area contributed by atoms with Gasteiger partial charge < -0.3 is 30.1 Å². The van der Waals surface area contributed by atoms with Crippen LogP contribution < -0.4 is 5.32 Å². The number of carbonyl (C=O) groups excluding carboxylic acids is 4. The van der Waals surface area contributed by atoms with E-state index < -0.39 is 59.9 Å². The van der Waals surface area contributed by atoms with Gasteiger partial charge >= 0.3 is 5.97 Å². The molecule has 1 saturated carbocycles. The van der Waals surface area contributed by atoms with E-state index in [0.717, 1.165) is 5.56 Å². The zero-order valence-electron chi connectivity index (χ0n) is 23.1. The zero-order valence-corrected chi connectivity index (χ0v) is 23.1. The van der Waals surface area contributed by atoms with E-state index in [1.807, 2.05) is 0 Å². The van der Waals surface area contributed by atoms with Crippen molar-refractivity contribution in [1.82, 2.24) is 20.1 Å². The van der Waals surface area contributed by atoms with E-state index >= 15 is 0 Å². The van der Waals surface area contributed by atoms with Crippen molar-refractivity contribution >= 4 is 23.7 Å². The molecule has 11 nitrogen and oxygen atoms in total. The first-order valence-corrected chi connectivity index (χ1v) is 13.4. The molecular weight excluding hydrogens is 516 g/mol. The number of ether oxygens (including phenoxy) is 1. The van der Waals surface area contributed by atoms with Crippen LogP contribution in [0.3, 0.4) is 0 Å². The smallest absolute Gasteiger partial charge is 0.312 e. The molecule has 11 heteroatoms. The SMILES string of the molecule is CC1C(=O)OC(C2CC2)C(=O)N(C)C(C)C(NC(=O)c2ccccc2O)C(=O)N(C)C(Cc2cccnc2)C1O. The first-order chi connectivity index (χ1) is 19.0. The number of benzene rings is 1. The van der Waals surface area contributed by atoms with Crippen LogP contribution in [0.2, 0.25) is 0 Å². The summed E-state index contributed by atoms with van der Waals surface area (Å²) in [6.07, 6.45) is 2.40. The van der Waals surface area contributed by atoms with Gasteiger partial charge in [-0.25, -0.2) is 0 Å². The molecule has 6 unspecified atom stereocenters. The van der Waals surface area contributed by atoms with Crippen molar-refractivity contribution in [2.45, 2.75) is 63.4 Å². The van der Waals surface area contributed by atoms with Gasteiger partial charge in [0.25, 0.3) is 11.8 Å². The Morgan fingerprint density at radius 3 is 2.38 bits per heavy atom. The Kier molecular flexibility index (Phi) is 8.73. The summed E-state index contributed by atoms with van der Waals surface area (Å²) in [6, 6.07) is 6.45. The minimum atomic E-state index is -1.35. The fourth-order valence-corrected chi connectivity index (χ4v) is 4.98. The molecule has 1 aliphatic heterocycles. The highest BCUT2D eigenvalue weighted by Gasteiger charge is 2.47. The number of amides is 3. The molecule has 6 atom stereocenters. The highest BCUT2D eigenvalue weighted by atomic mass is 16.6. The minimum Gasteiger partial charge on any atom is -0.507 e. The number of aromatic nitrogens is 1.